The smallest absolute Gasteiger partial charge is 0.275 e. The van der Waals surface area contributed by atoms with Crippen LogP contribution in [0, 0.1) is 0 Å². The van der Waals surface area contributed by atoms with E-state index in [0.717, 1.165) is 0 Å². The lowest BCUT2D eigenvalue weighted by Crippen LogP contribution is -2.27. The third-order valence-electron chi connectivity index (χ3n) is 2.89. The van der Waals surface area contributed by atoms with Gasteiger partial charge in [0, 0.05) is 5.54 Å². The predicted octanol–water partition coefficient (Wildman–Crippen LogP) is 3.73. The van der Waals surface area contributed by atoms with E-state index in [1.54, 1.807) is 12.3 Å². The first kappa shape index (κ1) is 17.7. The molecule has 24 heavy (non-hydrogen) atoms. The summed E-state index contributed by atoms with van der Waals surface area (Å²) >= 11 is 0. The molecule has 0 unspecified atom stereocenters. The van der Waals surface area contributed by atoms with E-state index in [4.69, 9.17) is 4.74 Å². The first-order valence-corrected chi connectivity index (χ1v) is 7.92. The van der Waals surface area contributed by atoms with Gasteiger partial charge in [0.2, 0.25) is 0 Å². The lowest BCUT2D eigenvalue weighted by atomic mass is 10.1. The van der Waals surface area contributed by atoms with Crippen molar-refractivity contribution in [2.45, 2.75) is 46.3 Å². The van der Waals surface area contributed by atoms with Crippen LogP contribution in [-0.4, -0.2) is 27.5 Å². The van der Waals surface area contributed by atoms with Crippen molar-refractivity contribution < 1.29 is 9.53 Å². The topological polar surface area (TPSA) is 76.1 Å². The highest BCUT2D eigenvalue weighted by molar-refractivity contribution is 6.03. The number of hydrogen-bond acceptors (Lipinski definition) is 5. The first-order valence-electron chi connectivity index (χ1n) is 7.92. The molecule has 2 aromatic rings. The molecule has 0 aliphatic rings. The Balaban J connectivity index is 2.10. The molecule has 0 aliphatic carbocycles. The molecule has 0 atom stereocenters. The molecule has 2 rings (SSSR count). The molecule has 0 spiro atoms. The van der Waals surface area contributed by atoms with Gasteiger partial charge in [-0.1, -0.05) is 12.1 Å². The Morgan fingerprint density at radius 3 is 2.42 bits per heavy atom. The number of benzene rings is 1. The molecule has 1 aromatic heterocycles. The molecule has 128 valence electrons. The molecule has 2 N–H and O–H groups in total. The average Bonchev–Trinajstić information content (AvgIpc) is 2.48. The van der Waals surface area contributed by atoms with Gasteiger partial charge < -0.3 is 15.4 Å². The number of nitrogens with zero attached hydrogens (tertiary/aromatic N) is 2. The van der Waals surface area contributed by atoms with Crippen LogP contribution in [0.5, 0.6) is 5.75 Å². The molecule has 1 aromatic carbocycles. The second kappa shape index (κ2) is 7.29. The van der Waals surface area contributed by atoms with E-state index in [1.807, 2.05) is 52.8 Å². The third-order valence-corrected chi connectivity index (χ3v) is 2.89. The lowest BCUT2D eigenvalue weighted by Gasteiger charge is -2.20. The van der Waals surface area contributed by atoms with Crippen LogP contribution >= 0.6 is 0 Å². The van der Waals surface area contributed by atoms with Crippen molar-refractivity contribution in [1.29, 1.82) is 0 Å². The van der Waals surface area contributed by atoms with Gasteiger partial charge >= 0.3 is 0 Å². The zero-order chi connectivity index (χ0) is 17.7. The number of rotatable bonds is 5. The van der Waals surface area contributed by atoms with Gasteiger partial charge in [-0.2, -0.15) is 0 Å². The Bertz CT molecular complexity index is 691. The molecule has 6 heteroatoms. The van der Waals surface area contributed by atoms with E-state index in [9.17, 15) is 4.79 Å². The van der Waals surface area contributed by atoms with Crippen molar-refractivity contribution in [2.24, 2.45) is 0 Å². The van der Waals surface area contributed by atoms with E-state index >= 15 is 0 Å². The summed E-state index contributed by atoms with van der Waals surface area (Å²) < 4.78 is 5.70. The summed E-state index contributed by atoms with van der Waals surface area (Å²) in [5.41, 5.74) is 0.731. The van der Waals surface area contributed by atoms with Crippen LogP contribution in [0.25, 0.3) is 0 Å². The van der Waals surface area contributed by atoms with E-state index in [1.165, 1.54) is 6.20 Å². The molecule has 0 saturated carbocycles. The maximum Gasteiger partial charge on any atom is 0.275 e. The van der Waals surface area contributed by atoms with E-state index in [0.29, 0.717) is 17.3 Å². The Hall–Kier alpha value is -2.63. The summed E-state index contributed by atoms with van der Waals surface area (Å²) in [5.74, 6) is 0.923. The molecule has 1 amide bonds. The number of carbonyl (C=O) groups excluding carboxylic acids is 1. The highest BCUT2D eigenvalue weighted by atomic mass is 16.5. The molecule has 1 heterocycles. The van der Waals surface area contributed by atoms with Crippen LogP contribution in [0.15, 0.2) is 36.7 Å². The number of carbonyl (C=O) groups is 1. The molecule has 0 saturated heterocycles. The minimum Gasteiger partial charge on any atom is -0.489 e. The van der Waals surface area contributed by atoms with Crippen LogP contribution in [0.4, 0.5) is 11.5 Å². The summed E-state index contributed by atoms with van der Waals surface area (Å²) in [7, 11) is 0. The van der Waals surface area contributed by atoms with Gasteiger partial charge in [0.05, 0.1) is 24.2 Å². The van der Waals surface area contributed by atoms with Crippen molar-refractivity contribution >= 4 is 17.4 Å². The number of anilines is 2. The van der Waals surface area contributed by atoms with E-state index < -0.39 is 0 Å². The largest absolute Gasteiger partial charge is 0.489 e. The SMILES string of the molecule is CC(C)Oc1ccccc1NC(=O)c1cnc(NC(C)(C)C)cn1. The fourth-order valence-corrected chi connectivity index (χ4v) is 2.01. The lowest BCUT2D eigenvalue weighted by molar-refractivity contribution is 0.102. The highest BCUT2D eigenvalue weighted by Gasteiger charge is 2.14. The van der Waals surface area contributed by atoms with Crippen molar-refractivity contribution in [3.63, 3.8) is 0 Å². The fraction of sp³-hybridized carbons (Fsp3) is 0.389. The quantitative estimate of drug-likeness (QED) is 0.874. The number of ether oxygens (including phenoxy) is 1. The molecule has 0 aliphatic heterocycles. The van der Waals surface area contributed by atoms with E-state index in [-0.39, 0.29) is 23.2 Å². The van der Waals surface area contributed by atoms with Gasteiger partial charge in [-0.3, -0.25) is 4.79 Å². The zero-order valence-corrected chi connectivity index (χ0v) is 14.8. The minimum atomic E-state index is -0.329. The molecule has 6 nitrogen and oxygen atoms in total. The summed E-state index contributed by atoms with van der Waals surface area (Å²) in [6.07, 6.45) is 3.03. The third kappa shape index (κ3) is 5.22. The Morgan fingerprint density at radius 1 is 1.12 bits per heavy atom. The molecule has 0 radical (unpaired) electrons. The minimum absolute atomic E-state index is 0.0191. The predicted molar refractivity (Wildman–Crippen MR) is 95.6 cm³/mol. The Labute approximate surface area is 142 Å². The number of amides is 1. The van der Waals surface area contributed by atoms with Crippen LogP contribution in [-0.2, 0) is 0 Å². The van der Waals surface area contributed by atoms with Crippen LogP contribution in [0.1, 0.15) is 45.1 Å². The van der Waals surface area contributed by atoms with Crippen LogP contribution < -0.4 is 15.4 Å². The maximum absolute atomic E-state index is 12.4. The second-order valence-electron chi connectivity index (χ2n) is 6.78. The van der Waals surface area contributed by atoms with Crippen molar-refractivity contribution in [1.82, 2.24) is 9.97 Å². The maximum atomic E-state index is 12.4. The summed E-state index contributed by atoms with van der Waals surface area (Å²) in [4.78, 5) is 20.8. The highest BCUT2D eigenvalue weighted by Crippen LogP contribution is 2.25. The van der Waals surface area contributed by atoms with Gasteiger partial charge in [-0.05, 0) is 46.8 Å². The van der Waals surface area contributed by atoms with Crippen molar-refractivity contribution in [3.05, 3.63) is 42.4 Å². The normalized spacial score (nSPS) is 11.2. The molecular formula is C18H24N4O2. The van der Waals surface area contributed by atoms with Crippen molar-refractivity contribution in [3.8, 4) is 5.75 Å². The van der Waals surface area contributed by atoms with Gasteiger partial charge in [-0.15, -0.1) is 0 Å². The monoisotopic (exact) mass is 328 g/mol. The first-order chi connectivity index (χ1) is 11.2. The molecule has 0 bridgehead atoms. The van der Waals surface area contributed by atoms with Gasteiger partial charge in [0.1, 0.15) is 17.3 Å². The Kier molecular flexibility index (Phi) is 5.39. The zero-order valence-electron chi connectivity index (χ0n) is 14.8. The van der Waals surface area contributed by atoms with Gasteiger partial charge in [0.25, 0.3) is 5.91 Å². The van der Waals surface area contributed by atoms with Crippen LogP contribution in [0.2, 0.25) is 0 Å². The summed E-state index contributed by atoms with van der Waals surface area (Å²) in [6, 6.07) is 7.31. The average molecular weight is 328 g/mol. The number of nitrogens with one attached hydrogen (secondary N) is 2. The number of aromatic nitrogens is 2. The second-order valence-corrected chi connectivity index (χ2v) is 6.78. The van der Waals surface area contributed by atoms with Gasteiger partial charge in [-0.25, -0.2) is 9.97 Å². The summed E-state index contributed by atoms with van der Waals surface area (Å²) in [5, 5.41) is 6.02. The fourth-order valence-electron chi connectivity index (χ4n) is 2.01. The Morgan fingerprint density at radius 2 is 1.83 bits per heavy atom. The van der Waals surface area contributed by atoms with Gasteiger partial charge in [0.15, 0.2) is 0 Å². The standard InChI is InChI=1S/C18H24N4O2/c1-12(2)24-15-9-7-6-8-13(15)21-17(23)14-10-20-16(11-19-14)22-18(3,4)5/h6-12H,1-5H3,(H,20,22)(H,21,23). The van der Waals surface area contributed by atoms with Crippen LogP contribution in [0.3, 0.4) is 0 Å². The van der Waals surface area contributed by atoms with E-state index in [2.05, 4.69) is 20.6 Å². The summed E-state index contributed by atoms with van der Waals surface area (Å²) in [6.45, 7) is 9.96. The molecule has 0 fully saturated rings. The number of para-hydroxylation sites is 2. The van der Waals surface area contributed by atoms with Crippen molar-refractivity contribution in [2.75, 3.05) is 10.6 Å². The number of hydrogen-bond donors (Lipinski definition) is 2. The molecular weight excluding hydrogens is 304 g/mol.